The van der Waals surface area contributed by atoms with Gasteiger partial charge in [-0.15, -0.1) is 0 Å². The lowest BCUT2D eigenvalue weighted by Crippen LogP contribution is -2.18. The summed E-state index contributed by atoms with van der Waals surface area (Å²) < 4.78 is 1.11. The Morgan fingerprint density at radius 3 is 2.32 bits per heavy atom. The van der Waals surface area contributed by atoms with Crippen molar-refractivity contribution in [2.45, 2.75) is 0 Å². The Balaban J connectivity index is 2.71. The molecule has 98 valence electrons. The lowest BCUT2D eigenvalue weighted by molar-refractivity contribution is 0.0696. The molecule has 2 aromatic rings. The predicted molar refractivity (Wildman–Crippen MR) is 74.0 cm³/mol. The molecule has 0 bridgehead atoms. The first kappa shape index (κ1) is 13.9. The van der Waals surface area contributed by atoms with Crippen molar-refractivity contribution >= 4 is 40.8 Å². The highest BCUT2D eigenvalue weighted by atomic mass is 35.5. The van der Waals surface area contributed by atoms with Crippen molar-refractivity contribution in [2.24, 2.45) is 0 Å². The topological polar surface area (TPSA) is 59.3 Å². The second-order valence-electron chi connectivity index (χ2n) is 3.65. The molecule has 0 amide bonds. The second kappa shape index (κ2) is 5.25. The van der Waals surface area contributed by atoms with Crippen LogP contribution in [0.3, 0.4) is 0 Å². The van der Waals surface area contributed by atoms with E-state index >= 15 is 0 Å². The third-order valence-corrected chi connectivity index (χ3v) is 3.43. The number of carboxylic acids is 1. The third kappa shape index (κ3) is 2.76. The van der Waals surface area contributed by atoms with Crippen LogP contribution in [-0.2, 0) is 0 Å². The number of halogens is 3. The van der Waals surface area contributed by atoms with Crippen molar-refractivity contribution in [2.75, 3.05) is 0 Å². The highest BCUT2D eigenvalue weighted by Gasteiger charge is 2.11. The molecule has 0 aliphatic carbocycles. The molecule has 0 fully saturated rings. The Labute approximate surface area is 122 Å². The van der Waals surface area contributed by atoms with E-state index in [-0.39, 0.29) is 26.3 Å². The highest BCUT2D eigenvalue weighted by Crippen LogP contribution is 2.30. The predicted octanol–water partition coefficient (Wildman–Crippen LogP) is 3.50. The van der Waals surface area contributed by atoms with Gasteiger partial charge in [0.25, 0.3) is 5.56 Å². The monoisotopic (exact) mass is 317 g/mol. The highest BCUT2D eigenvalue weighted by molar-refractivity contribution is 6.43. The number of carbonyl (C=O) groups is 1. The molecular weight excluding hydrogens is 312 g/mol. The molecule has 7 heteroatoms. The van der Waals surface area contributed by atoms with E-state index in [1.54, 1.807) is 0 Å². The largest absolute Gasteiger partial charge is 0.478 e. The van der Waals surface area contributed by atoms with Crippen molar-refractivity contribution in [3.8, 4) is 5.69 Å². The Kier molecular flexibility index (Phi) is 3.85. The number of carboxylic acid groups (broad SMARTS) is 1. The summed E-state index contributed by atoms with van der Waals surface area (Å²) in [5, 5.41) is 9.58. The summed E-state index contributed by atoms with van der Waals surface area (Å²) in [7, 11) is 0. The fourth-order valence-corrected chi connectivity index (χ4v) is 2.13. The van der Waals surface area contributed by atoms with Crippen molar-refractivity contribution in [3.05, 3.63) is 61.4 Å². The van der Waals surface area contributed by atoms with Crippen molar-refractivity contribution in [3.63, 3.8) is 0 Å². The number of benzene rings is 1. The van der Waals surface area contributed by atoms with E-state index in [4.69, 9.17) is 39.9 Å². The van der Waals surface area contributed by atoms with Gasteiger partial charge in [-0.3, -0.25) is 9.36 Å². The molecule has 1 N–H and O–H groups in total. The van der Waals surface area contributed by atoms with Crippen LogP contribution in [0.5, 0.6) is 0 Å². The summed E-state index contributed by atoms with van der Waals surface area (Å²) in [5.74, 6) is -1.15. The molecule has 0 saturated carbocycles. The molecule has 2 rings (SSSR count). The van der Waals surface area contributed by atoms with Gasteiger partial charge in [-0.2, -0.15) is 0 Å². The molecule has 0 unspecified atom stereocenters. The van der Waals surface area contributed by atoms with Gasteiger partial charge in [0, 0.05) is 12.3 Å². The smallest absolute Gasteiger partial charge is 0.337 e. The number of pyridine rings is 1. The number of hydrogen-bond donors (Lipinski definition) is 1. The Hall–Kier alpha value is -1.49. The van der Waals surface area contributed by atoms with Crippen molar-refractivity contribution in [1.82, 2.24) is 4.57 Å². The average Bonchev–Trinajstić information content (AvgIpc) is 2.34. The van der Waals surface area contributed by atoms with Crippen LogP contribution in [0.4, 0.5) is 0 Å². The normalized spacial score (nSPS) is 10.5. The quantitative estimate of drug-likeness (QED) is 0.862. The van der Waals surface area contributed by atoms with Gasteiger partial charge < -0.3 is 5.11 Å². The van der Waals surface area contributed by atoms with Crippen LogP contribution in [-0.4, -0.2) is 15.6 Å². The number of aromatic nitrogens is 1. The average molecular weight is 319 g/mol. The van der Waals surface area contributed by atoms with E-state index in [1.807, 2.05) is 0 Å². The first-order valence-corrected chi connectivity index (χ1v) is 6.14. The van der Waals surface area contributed by atoms with Crippen LogP contribution in [0.2, 0.25) is 15.1 Å². The summed E-state index contributed by atoms with van der Waals surface area (Å²) in [4.78, 5) is 22.7. The number of hydrogen-bond acceptors (Lipinski definition) is 2. The van der Waals surface area contributed by atoms with Gasteiger partial charge in [0.15, 0.2) is 0 Å². The van der Waals surface area contributed by atoms with Gasteiger partial charge in [-0.1, -0.05) is 34.8 Å². The first-order chi connectivity index (χ1) is 8.90. The molecule has 0 saturated heterocycles. The van der Waals surface area contributed by atoms with Crippen molar-refractivity contribution in [1.29, 1.82) is 0 Å². The molecule has 1 aromatic heterocycles. The third-order valence-electron chi connectivity index (χ3n) is 2.41. The molecule has 19 heavy (non-hydrogen) atoms. The fraction of sp³-hybridized carbons (Fsp3) is 0. The minimum atomic E-state index is -1.15. The Morgan fingerprint density at radius 1 is 1.05 bits per heavy atom. The lowest BCUT2D eigenvalue weighted by Gasteiger charge is -2.10. The van der Waals surface area contributed by atoms with E-state index in [0.717, 1.165) is 10.6 Å². The molecule has 4 nitrogen and oxygen atoms in total. The maximum Gasteiger partial charge on any atom is 0.337 e. The molecule has 1 aromatic carbocycles. The molecule has 0 aliphatic heterocycles. The maximum atomic E-state index is 11.8. The van der Waals surface area contributed by atoms with E-state index in [2.05, 4.69) is 0 Å². The summed E-state index contributed by atoms with van der Waals surface area (Å²) in [6.45, 7) is 0. The van der Waals surface area contributed by atoms with Gasteiger partial charge in [-0.05, 0) is 18.2 Å². The standard InChI is InChI=1S/C12H6Cl3NO3/c13-7-3-9(15)10(4-8(7)14)16-5-6(12(18)19)1-2-11(16)17/h1-5H,(H,18,19). The van der Waals surface area contributed by atoms with Crippen molar-refractivity contribution < 1.29 is 9.90 Å². The zero-order valence-electron chi connectivity index (χ0n) is 9.23. The van der Waals surface area contributed by atoms with Gasteiger partial charge in [-0.25, -0.2) is 4.79 Å². The summed E-state index contributed by atoms with van der Waals surface area (Å²) in [6, 6.07) is 5.15. The van der Waals surface area contributed by atoms with E-state index in [0.29, 0.717) is 0 Å². The second-order valence-corrected chi connectivity index (χ2v) is 4.87. The molecule has 1 heterocycles. The van der Waals surface area contributed by atoms with E-state index in [9.17, 15) is 9.59 Å². The van der Waals surface area contributed by atoms with E-state index < -0.39 is 11.5 Å². The van der Waals surface area contributed by atoms with Gasteiger partial charge in [0.2, 0.25) is 0 Å². The SMILES string of the molecule is O=C(O)c1ccc(=O)n(-c2cc(Cl)c(Cl)cc2Cl)c1. The summed E-state index contributed by atoms with van der Waals surface area (Å²) in [5.41, 5.74) is -0.198. The van der Waals surface area contributed by atoms with Gasteiger partial charge >= 0.3 is 5.97 Å². The van der Waals surface area contributed by atoms with Crippen LogP contribution in [0, 0.1) is 0 Å². The minimum Gasteiger partial charge on any atom is -0.478 e. The van der Waals surface area contributed by atoms with Gasteiger partial charge in [0.1, 0.15) is 0 Å². The first-order valence-electron chi connectivity index (χ1n) is 5.01. The van der Waals surface area contributed by atoms with Crippen LogP contribution in [0.15, 0.2) is 35.3 Å². The van der Waals surface area contributed by atoms with Crippen LogP contribution in [0.1, 0.15) is 10.4 Å². The molecular formula is C12H6Cl3NO3. The summed E-state index contributed by atoms with van der Waals surface area (Å²) in [6.07, 6.45) is 1.18. The molecule has 0 radical (unpaired) electrons. The minimum absolute atomic E-state index is 0.0401. The van der Waals surface area contributed by atoms with Gasteiger partial charge in [0.05, 0.1) is 26.3 Å². The molecule has 0 atom stereocenters. The van der Waals surface area contributed by atoms with E-state index in [1.165, 1.54) is 24.4 Å². The number of nitrogens with zero attached hydrogens (tertiary/aromatic N) is 1. The maximum absolute atomic E-state index is 11.8. The van der Waals surface area contributed by atoms with Crippen LogP contribution < -0.4 is 5.56 Å². The number of rotatable bonds is 2. The zero-order chi connectivity index (χ0) is 14.2. The number of aromatic carboxylic acids is 1. The molecule has 0 spiro atoms. The summed E-state index contributed by atoms with van der Waals surface area (Å²) >= 11 is 17.7. The Bertz CT molecular complexity index is 725. The lowest BCUT2D eigenvalue weighted by atomic mass is 10.2. The molecule has 0 aliphatic rings. The zero-order valence-corrected chi connectivity index (χ0v) is 11.5. The van der Waals surface area contributed by atoms with Crippen LogP contribution in [0.25, 0.3) is 5.69 Å². The fourth-order valence-electron chi connectivity index (χ4n) is 1.50. The van der Waals surface area contributed by atoms with Crippen LogP contribution >= 0.6 is 34.8 Å². The Morgan fingerprint density at radius 2 is 1.68 bits per heavy atom.